The molecular weight excluding hydrogens is 605 g/mol. The Morgan fingerprint density at radius 2 is 2.17 bits per heavy atom. The highest BCUT2D eigenvalue weighted by Gasteiger charge is 2.54. The molecule has 5 N–H and O–H groups in total. The lowest BCUT2D eigenvalue weighted by Crippen LogP contribution is -2.71. The van der Waals surface area contributed by atoms with Gasteiger partial charge in [-0.3, -0.25) is 28.6 Å². The zero-order chi connectivity index (χ0) is 29.0. The summed E-state index contributed by atoms with van der Waals surface area (Å²) in [5, 5.41) is 25.1. The van der Waals surface area contributed by atoms with Crippen LogP contribution in [0.4, 0.5) is 5.13 Å². The van der Waals surface area contributed by atoms with Crippen LogP contribution in [0.2, 0.25) is 0 Å². The van der Waals surface area contributed by atoms with E-state index in [1.807, 2.05) is 6.26 Å². The fourth-order valence-corrected chi connectivity index (χ4v) is 6.72. The first-order valence-electron chi connectivity index (χ1n) is 11.2. The van der Waals surface area contributed by atoms with Gasteiger partial charge in [-0.25, -0.2) is 14.9 Å². The number of fused-ring (bicyclic) bond motifs is 1. The summed E-state index contributed by atoms with van der Waals surface area (Å²) in [6, 6.07) is -0.999. The van der Waals surface area contributed by atoms with Crippen molar-refractivity contribution >= 4 is 75.2 Å². The maximum atomic E-state index is 13.0. The number of anilines is 1. The molecule has 2 unspecified atom stereocenters. The number of hydrogen-bond donors (Lipinski definition) is 4. The van der Waals surface area contributed by atoms with Gasteiger partial charge >= 0.3 is 17.1 Å². The molecule has 4 rings (SSSR count). The summed E-state index contributed by atoms with van der Waals surface area (Å²) in [4.78, 5) is 71.8. The SMILES string of the molecule is CON=C(C(=O)NC1C(=O)N2C(C(=O)O)=C(C=CSc3n[nH]c(=O)c(=O)n3CCSC)CSC12)c1csc(N)n1. The molecule has 2 aliphatic heterocycles. The van der Waals surface area contributed by atoms with Crippen LogP contribution in [-0.2, 0) is 25.8 Å². The molecule has 2 atom stereocenters. The van der Waals surface area contributed by atoms with Crippen LogP contribution < -0.4 is 22.2 Å². The molecule has 0 aliphatic carbocycles. The quantitative estimate of drug-likeness (QED) is 0.0832. The molecule has 2 amide bonds. The minimum atomic E-state index is -1.31. The zero-order valence-electron chi connectivity index (χ0n) is 20.9. The predicted octanol–water partition coefficient (Wildman–Crippen LogP) is -0.272. The molecule has 0 aromatic carbocycles. The second-order valence-corrected chi connectivity index (χ2v) is 11.8. The summed E-state index contributed by atoms with van der Waals surface area (Å²) >= 11 is 4.89. The number of amides is 2. The molecule has 0 saturated carbocycles. The molecule has 19 heteroatoms. The number of allylic oxidation sites excluding steroid dienone is 1. The average Bonchev–Trinajstić information content (AvgIpc) is 3.36. The fraction of sp³-hybridized carbons (Fsp3) is 0.333. The number of thiazole rings is 1. The van der Waals surface area contributed by atoms with Crippen molar-refractivity contribution in [2.75, 3.05) is 30.6 Å². The monoisotopic (exact) mass is 626 g/mol. The Labute approximate surface area is 242 Å². The lowest BCUT2D eigenvalue weighted by molar-refractivity contribution is -0.150. The number of nitrogens with two attached hydrogens (primary N) is 1. The van der Waals surface area contributed by atoms with Crippen molar-refractivity contribution in [2.45, 2.75) is 23.1 Å². The Balaban J connectivity index is 1.51. The van der Waals surface area contributed by atoms with Crippen molar-refractivity contribution in [3.63, 3.8) is 0 Å². The molecule has 15 nitrogen and oxygen atoms in total. The third-order valence-corrected chi connectivity index (χ3v) is 8.90. The van der Waals surface area contributed by atoms with Crippen LogP contribution in [-0.4, -0.2) is 89.5 Å². The fourth-order valence-electron chi connectivity index (χ4n) is 3.74. The summed E-state index contributed by atoms with van der Waals surface area (Å²) in [7, 11) is 1.25. The zero-order valence-corrected chi connectivity index (χ0v) is 24.1. The van der Waals surface area contributed by atoms with Gasteiger partial charge in [0.2, 0.25) is 0 Å². The number of nitrogen functional groups attached to an aromatic ring is 1. The van der Waals surface area contributed by atoms with E-state index in [0.717, 1.165) is 28.0 Å². The first kappa shape index (κ1) is 29.4. The standard InChI is InChI=1S/C21H22N8O7S4/c1-36-27-11(10-8-40-20(22)23-10)14(30)24-12-16(32)29-13(19(34)35)9(7-39-18(12)29)3-5-38-21-26-25-15(31)17(33)28(21)4-6-37-2/h3,5,8,12,18H,4,6-7H2,1-2H3,(H2,22,23)(H,24,30)(H,25,31)(H,34,35). The van der Waals surface area contributed by atoms with Crippen LogP contribution in [0.5, 0.6) is 0 Å². The topological polar surface area (TPSA) is 215 Å². The summed E-state index contributed by atoms with van der Waals surface area (Å²) < 4.78 is 1.25. The number of carboxylic acids is 1. The third kappa shape index (κ3) is 5.96. The van der Waals surface area contributed by atoms with Crippen molar-refractivity contribution in [1.82, 2.24) is 30.0 Å². The van der Waals surface area contributed by atoms with E-state index in [4.69, 9.17) is 10.6 Å². The van der Waals surface area contributed by atoms with Gasteiger partial charge in [-0.05, 0) is 23.3 Å². The van der Waals surface area contributed by atoms with Crippen molar-refractivity contribution in [2.24, 2.45) is 5.16 Å². The number of aliphatic carboxylic acids is 1. The molecule has 2 aromatic heterocycles. The minimum absolute atomic E-state index is 0.175. The number of carbonyl (C=O) groups excluding carboxylic acids is 2. The van der Waals surface area contributed by atoms with Gasteiger partial charge in [-0.2, -0.15) is 11.8 Å². The van der Waals surface area contributed by atoms with E-state index in [1.54, 1.807) is 0 Å². The van der Waals surface area contributed by atoms with Gasteiger partial charge in [0.1, 0.15) is 29.9 Å². The molecular formula is C21H22N8O7S4. The van der Waals surface area contributed by atoms with Crippen molar-refractivity contribution < 1.29 is 24.3 Å². The first-order chi connectivity index (χ1) is 19.2. The largest absolute Gasteiger partial charge is 0.477 e. The molecule has 1 saturated heterocycles. The Morgan fingerprint density at radius 3 is 2.83 bits per heavy atom. The van der Waals surface area contributed by atoms with E-state index in [9.17, 15) is 29.1 Å². The summed E-state index contributed by atoms with van der Waals surface area (Å²) in [6.07, 6.45) is 3.38. The van der Waals surface area contributed by atoms with Crippen molar-refractivity contribution in [3.05, 3.63) is 54.5 Å². The predicted molar refractivity (Wildman–Crippen MR) is 152 cm³/mol. The van der Waals surface area contributed by atoms with Crippen LogP contribution in [0.15, 0.2) is 48.0 Å². The molecule has 2 aliphatic rings. The van der Waals surface area contributed by atoms with E-state index in [1.165, 1.54) is 52.1 Å². The molecule has 2 aromatic rings. The van der Waals surface area contributed by atoms with Crippen molar-refractivity contribution in [1.29, 1.82) is 0 Å². The Bertz CT molecular complexity index is 1550. The van der Waals surface area contributed by atoms with Gasteiger partial charge in [0.25, 0.3) is 11.8 Å². The number of β-lactam (4-membered cyclic amide) rings is 1. The third-order valence-electron chi connectivity index (χ3n) is 5.53. The van der Waals surface area contributed by atoms with E-state index in [-0.39, 0.29) is 39.7 Å². The number of rotatable bonds is 11. The molecule has 4 heterocycles. The number of carbonyl (C=O) groups is 3. The van der Waals surface area contributed by atoms with E-state index in [0.29, 0.717) is 11.3 Å². The second-order valence-electron chi connectivity index (χ2n) is 7.94. The Kier molecular flexibility index (Phi) is 9.38. The smallest absolute Gasteiger partial charge is 0.352 e. The van der Waals surface area contributed by atoms with E-state index in [2.05, 4.69) is 25.7 Å². The van der Waals surface area contributed by atoms with Crippen molar-refractivity contribution in [3.8, 4) is 0 Å². The summed E-state index contributed by atoms with van der Waals surface area (Å²) in [6.45, 7) is 0.274. The number of thioether (sulfide) groups is 3. The minimum Gasteiger partial charge on any atom is -0.477 e. The maximum Gasteiger partial charge on any atom is 0.352 e. The van der Waals surface area contributed by atoms with E-state index < -0.39 is 40.3 Å². The molecule has 0 radical (unpaired) electrons. The average molecular weight is 627 g/mol. The van der Waals surface area contributed by atoms with Gasteiger partial charge in [0.15, 0.2) is 16.0 Å². The van der Waals surface area contributed by atoms with Gasteiger partial charge in [0, 0.05) is 23.4 Å². The molecule has 212 valence electrons. The lowest BCUT2D eigenvalue weighted by atomic mass is 10.0. The lowest BCUT2D eigenvalue weighted by Gasteiger charge is -2.49. The number of nitrogens with zero attached hydrogens (tertiary/aromatic N) is 5. The van der Waals surface area contributed by atoms with Gasteiger partial charge < -0.3 is 21.0 Å². The van der Waals surface area contributed by atoms with Crippen LogP contribution in [0.1, 0.15) is 5.69 Å². The number of oxime groups is 1. The molecule has 0 spiro atoms. The number of H-pyrrole nitrogens is 1. The highest BCUT2D eigenvalue weighted by molar-refractivity contribution is 8.02. The first-order valence-corrected chi connectivity index (χ1v) is 15.4. The summed E-state index contributed by atoms with van der Waals surface area (Å²) in [5.74, 6) is -1.84. The molecule has 1 fully saturated rings. The van der Waals surface area contributed by atoms with Gasteiger partial charge in [-0.15, -0.1) is 28.2 Å². The van der Waals surface area contributed by atoms with Crippen LogP contribution in [0.3, 0.4) is 0 Å². The van der Waals surface area contributed by atoms with Crippen LogP contribution in [0, 0.1) is 0 Å². The normalized spacial score (nSPS) is 19.0. The Hall–Kier alpha value is -3.55. The van der Waals surface area contributed by atoms with Crippen LogP contribution >= 0.6 is 46.6 Å². The highest BCUT2D eigenvalue weighted by atomic mass is 32.2. The number of hydrogen-bond acceptors (Lipinski definition) is 14. The number of aromatic nitrogens is 4. The maximum absolute atomic E-state index is 13.0. The van der Waals surface area contributed by atoms with Gasteiger partial charge in [0.05, 0.1) is 0 Å². The second kappa shape index (κ2) is 12.7. The number of carboxylic acid groups (broad SMARTS) is 1. The molecule has 40 heavy (non-hydrogen) atoms. The van der Waals surface area contributed by atoms with Gasteiger partial charge in [-0.1, -0.05) is 16.9 Å². The number of nitrogens with one attached hydrogen (secondary N) is 2. The van der Waals surface area contributed by atoms with Crippen LogP contribution in [0.25, 0.3) is 0 Å². The summed E-state index contributed by atoms with van der Waals surface area (Å²) in [5.41, 5.74) is 4.19. The Morgan fingerprint density at radius 1 is 1.40 bits per heavy atom. The van der Waals surface area contributed by atoms with E-state index >= 15 is 0 Å². The molecule has 0 bridgehead atoms. The number of aromatic amines is 1. The highest BCUT2D eigenvalue weighted by Crippen LogP contribution is 2.41.